The molecule has 0 aliphatic carbocycles. The third-order valence-electron chi connectivity index (χ3n) is 4.37. The number of hydrogen-bond acceptors (Lipinski definition) is 3. The molecule has 1 N–H and O–H groups in total. The highest BCUT2D eigenvalue weighted by Crippen LogP contribution is 2.53. The third-order valence-corrected chi connectivity index (χ3v) is 5.85. The second-order valence-electron chi connectivity index (χ2n) is 6.12. The van der Waals surface area contributed by atoms with E-state index in [9.17, 15) is 9.59 Å². The number of nitrogens with one attached hydrogen (secondary N) is 1. The Hall–Kier alpha value is -1.29. The van der Waals surface area contributed by atoms with Gasteiger partial charge in [0.1, 0.15) is 0 Å². The van der Waals surface area contributed by atoms with Gasteiger partial charge in [0.15, 0.2) is 0 Å². The van der Waals surface area contributed by atoms with Gasteiger partial charge in [-0.2, -0.15) is 11.8 Å². The monoisotopic (exact) mass is 289 g/mol. The lowest BCUT2D eigenvalue weighted by atomic mass is 9.66. The molecule has 0 aromatic heterocycles. The van der Waals surface area contributed by atoms with E-state index in [0.29, 0.717) is 11.7 Å². The zero-order valence-electron chi connectivity index (χ0n) is 11.8. The van der Waals surface area contributed by atoms with Crippen molar-refractivity contribution < 1.29 is 9.59 Å². The molecule has 2 heterocycles. The quantitative estimate of drug-likeness (QED) is 0.808. The van der Waals surface area contributed by atoms with Gasteiger partial charge in [0.05, 0.1) is 5.92 Å². The lowest BCUT2D eigenvalue weighted by molar-refractivity contribution is -0.139. The maximum atomic E-state index is 12.4. The summed E-state index contributed by atoms with van der Waals surface area (Å²) in [5.74, 6) is 0.457. The van der Waals surface area contributed by atoms with Crippen LogP contribution < -0.4 is 5.32 Å². The van der Waals surface area contributed by atoms with Crippen LogP contribution in [0.1, 0.15) is 36.8 Å². The fourth-order valence-corrected chi connectivity index (χ4v) is 5.08. The number of aryl methyl sites for hydroxylation is 1. The Morgan fingerprint density at radius 2 is 2.15 bits per heavy atom. The summed E-state index contributed by atoms with van der Waals surface area (Å²) in [6.07, 6.45) is 1.41. The summed E-state index contributed by atoms with van der Waals surface area (Å²) in [6, 6.07) is 8.12. The van der Waals surface area contributed by atoms with Gasteiger partial charge in [-0.3, -0.25) is 14.9 Å². The van der Waals surface area contributed by atoms with Gasteiger partial charge < -0.3 is 0 Å². The Balaban J connectivity index is 2.04. The molecule has 20 heavy (non-hydrogen) atoms. The minimum Gasteiger partial charge on any atom is -0.296 e. The van der Waals surface area contributed by atoms with Crippen molar-refractivity contribution in [1.82, 2.24) is 5.32 Å². The van der Waals surface area contributed by atoms with Crippen LogP contribution in [0.25, 0.3) is 0 Å². The molecule has 2 saturated heterocycles. The number of imide groups is 1. The Labute approximate surface area is 123 Å². The molecule has 2 aliphatic rings. The Morgan fingerprint density at radius 3 is 2.80 bits per heavy atom. The van der Waals surface area contributed by atoms with E-state index in [4.69, 9.17) is 0 Å². The van der Waals surface area contributed by atoms with Gasteiger partial charge >= 0.3 is 0 Å². The number of thioether (sulfide) groups is 1. The summed E-state index contributed by atoms with van der Waals surface area (Å²) in [6.45, 7) is 4.22. The average molecular weight is 289 g/mol. The van der Waals surface area contributed by atoms with Crippen LogP contribution in [0.5, 0.6) is 0 Å². The van der Waals surface area contributed by atoms with Crippen molar-refractivity contribution in [1.29, 1.82) is 0 Å². The van der Waals surface area contributed by atoms with Gasteiger partial charge in [-0.25, -0.2) is 0 Å². The average Bonchev–Trinajstić information content (AvgIpc) is 2.69. The Bertz CT molecular complexity index is 571. The van der Waals surface area contributed by atoms with Gasteiger partial charge in [0.2, 0.25) is 11.8 Å². The standard InChI is InChI=1S/C16H19NO2S/c1-10-4-3-5-12(6-10)14-15(19)17-13(18)8-16(14)7-11(2)20-9-16/h3-6,11,14H,7-9H2,1-2H3,(H,17,18,19). The van der Waals surface area contributed by atoms with Crippen molar-refractivity contribution in [2.45, 2.75) is 37.9 Å². The number of rotatable bonds is 1. The molecule has 0 bridgehead atoms. The van der Waals surface area contributed by atoms with Crippen molar-refractivity contribution in [3.63, 3.8) is 0 Å². The highest BCUT2D eigenvalue weighted by molar-refractivity contribution is 8.00. The number of benzene rings is 1. The molecule has 0 radical (unpaired) electrons. The first kappa shape index (κ1) is 13.7. The summed E-state index contributed by atoms with van der Waals surface area (Å²) in [4.78, 5) is 24.3. The molecule has 1 spiro atoms. The Morgan fingerprint density at radius 1 is 1.35 bits per heavy atom. The molecule has 1 aromatic rings. The molecular formula is C16H19NO2S. The van der Waals surface area contributed by atoms with Crippen LogP contribution in [0.2, 0.25) is 0 Å². The van der Waals surface area contributed by atoms with E-state index >= 15 is 0 Å². The number of carbonyl (C=O) groups excluding carboxylic acids is 2. The first-order valence-corrected chi connectivity index (χ1v) is 8.07. The molecule has 3 nitrogen and oxygen atoms in total. The third kappa shape index (κ3) is 2.26. The fourth-order valence-electron chi connectivity index (χ4n) is 3.63. The van der Waals surface area contributed by atoms with Gasteiger partial charge in [0, 0.05) is 22.8 Å². The maximum absolute atomic E-state index is 12.4. The van der Waals surface area contributed by atoms with E-state index < -0.39 is 0 Å². The first-order chi connectivity index (χ1) is 9.50. The van der Waals surface area contributed by atoms with Crippen molar-refractivity contribution in [2.24, 2.45) is 5.41 Å². The van der Waals surface area contributed by atoms with Gasteiger partial charge in [0.25, 0.3) is 0 Å². The van der Waals surface area contributed by atoms with Crippen molar-refractivity contribution in [3.8, 4) is 0 Å². The molecule has 4 heteroatoms. The highest BCUT2D eigenvalue weighted by Gasteiger charge is 2.52. The number of amides is 2. The molecule has 3 rings (SSSR count). The molecule has 2 aliphatic heterocycles. The summed E-state index contributed by atoms with van der Waals surface area (Å²) in [5, 5.41) is 3.04. The lowest BCUT2D eigenvalue weighted by Crippen LogP contribution is -2.51. The predicted octanol–water partition coefficient (Wildman–Crippen LogP) is 2.64. The lowest BCUT2D eigenvalue weighted by Gasteiger charge is -2.39. The molecular weight excluding hydrogens is 270 g/mol. The fraction of sp³-hybridized carbons (Fsp3) is 0.500. The molecule has 0 saturated carbocycles. The van der Waals surface area contributed by atoms with Gasteiger partial charge in [-0.05, 0) is 18.9 Å². The number of piperidine rings is 1. The van der Waals surface area contributed by atoms with Crippen LogP contribution in [-0.2, 0) is 9.59 Å². The molecule has 3 atom stereocenters. The van der Waals surface area contributed by atoms with E-state index in [1.165, 1.54) is 0 Å². The minimum atomic E-state index is -0.197. The van der Waals surface area contributed by atoms with Gasteiger partial charge in [-0.15, -0.1) is 0 Å². The van der Waals surface area contributed by atoms with Crippen molar-refractivity contribution in [3.05, 3.63) is 35.4 Å². The Kier molecular flexibility index (Phi) is 3.36. The summed E-state index contributed by atoms with van der Waals surface area (Å²) < 4.78 is 0. The SMILES string of the molecule is Cc1cccc(C2C(=O)NC(=O)CC23CSC(C)C3)c1. The first-order valence-electron chi connectivity index (χ1n) is 7.02. The molecule has 106 valence electrons. The molecule has 1 aromatic carbocycles. The van der Waals surface area contributed by atoms with Crippen LogP contribution >= 0.6 is 11.8 Å². The maximum Gasteiger partial charge on any atom is 0.234 e. The summed E-state index contributed by atoms with van der Waals surface area (Å²) >= 11 is 1.88. The zero-order chi connectivity index (χ0) is 14.3. The topological polar surface area (TPSA) is 46.2 Å². The smallest absolute Gasteiger partial charge is 0.234 e. The predicted molar refractivity (Wildman–Crippen MR) is 80.7 cm³/mol. The van der Waals surface area contributed by atoms with E-state index in [0.717, 1.165) is 23.3 Å². The van der Waals surface area contributed by atoms with E-state index in [1.54, 1.807) is 0 Å². The molecule has 2 fully saturated rings. The summed E-state index contributed by atoms with van der Waals surface area (Å²) in [7, 11) is 0. The van der Waals surface area contributed by atoms with Crippen molar-refractivity contribution in [2.75, 3.05) is 5.75 Å². The van der Waals surface area contributed by atoms with Gasteiger partial charge in [-0.1, -0.05) is 36.8 Å². The van der Waals surface area contributed by atoms with Crippen LogP contribution in [-0.4, -0.2) is 22.8 Å². The van der Waals surface area contributed by atoms with Crippen LogP contribution in [0.15, 0.2) is 24.3 Å². The molecule has 3 unspecified atom stereocenters. The van der Waals surface area contributed by atoms with E-state index in [2.05, 4.69) is 18.3 Å². The highest BCUT2D eigenvalue weighted by atomic mass is 32.2. The van der Waals surface area contributed by atoms with Crippen molar-refractivity contribution >= 4 is 23.6 Å². The minimum absolute atomic E-state index is 0.117. The number of carbonyl (C=O) groups is 2. The summed E-state index contributed by atoms with van der Waals surface area (Å²) in [5.41, 5.74) is 2.00. The van der Waals surface area contributed by atoms with E-state index in [1.807, 2.05) is 36.9 Å². The van der Waals surface area contributed by atoms with Crippen LogP contribution in [0, 0.1) is 12.3 Å². The largest absolute Gasteiger partial charge is 0.296 e. The van der Waals surface area contributed by atoms with Crippen LogP contribution in [0.3, 0.4) is 0 Å². The zero-order valence-corrected chi connectivity index (χ0v) is 12.6. The molecule has 2 amide bonds. The van der Waals surface area contributed by atoms with E-state index in [-0.39, 0.29) is 23.1 Å². The second-order valence-corrected chi connectivity index (χ2v) is 7.55. The number of hydrogen-bond donors (Lipinski definition) is 1. The normalized spacial score (nSPS) is 33.5. The second kappa shape index (κ2) is 4.92. The van der Waals surface area contributed by atoms with Crippen LogP contribution in [0.4, 0.5) is 0 Å².